The second kappa shape index (κ2) is 6.61. The summed E-state index contributed by atoms with van der Waals surface area (Å²) in [5.41, 5.74) is 1.49. The predicted molar refractivity (Wildman–Crippen MR) is 96.7 cm³/mol. The molecule has 0 bridgehead atoms. The molecule has 3 rings (SSSR count). The van der Waals surface area contributed by atoms with Crippen LogP contribution in [0.4, 0.5) is 5.82 Å². The third kappa shape index (κ3) is 3.19. The lowest BCUT2D eigenvalue weighted by Gasteiger charge is -2.21. The van der Waals surface area contributed by atoms with E-state index in [1.807, 2.05) is 24.3 Å². The lowest BCUT2D eigenvalue weighted by Crippen LogP contribution is -2.36. The maximum Gasteiger partial charge on any atom is 0.339 e. The molecule has 1 fully saturated rings. The first-order chi connectivity index (χ1) is 11.8. The molecule has 0 saturated carbocycles. The molecule has 1 aromatic carbocycles. The van der Waals surface area contributed by atoms with E-state index in [4.69, 9.17) is 0 Å². The summed E-state index contributed by atoms with van der Waals surface area (Å²) in [6.07, 6.45) is 0.446. The monoisotopic (exact) mass is 363 g/mol. The van der Waals surface area contributed by atoms with Gasteiger partial charge in [-0.15, -0.1) is 0 Å². The molecule has 2 N–H and O–H groups in total. The molecule has 134 valence electrons. The van der Waals surface area contributed by atoms with Crippen LogP contribution in [0.25, 0.3) is 10.9 Å². The fourth-order valence-electron chi connectivity index (χ4n) is 3.34. The van der Waals surface area contributed by atoms with Crippen molar-refractivity contribution in [3.63, 3.8) is 0 Å². The van der Waals surface area contributed by atoms with E-state index in [9.17, 15) is 18.3 Å². The van der Waals surface area contributed by atoms with Crippen molar-refractivity contribution in [3.05, 3.63) is 35.4 Å². The van der Waals surface area contributed by atoms with Gasteiger partial charge in [0.05, 0.1) is 10.8 Å². The average molecular weight is 363 g/mol. The van der Waals surface area contributed by atoms with Crippen molar-refractivity contribution >= 4 is 32.7 Å². The van der Waals surface area contributed by atoms with E-state index < -0.39 is 21.2 Å². The Kier molecular flexibility index (Phi) is 4.66. The molecule has 2 aromatic rings. The van der Waals surface area contributed by atoms with Gasteiger partial charge in [-0.05, 0) is 25.0 Å². The van der Waals surface area contributed by atoms with Gasteiger partial charge in [-0.1, -0.05) is 25.1 Å². The summed E-state index contributed by atoms with van der Waals surface area (Å²) in [4.78, 5) is 18.1. The van der Waals surface area contributed by atoms with Gasteiger partial charge in [0, 0.05) is 25.0 Å². The van der Waals surface area contributed by atoms with Crippen LogP contribution in [0.15, 0.2) is 24.3 Å². The largest absolute Gasteiger partial charge is 0.478 e. The molecule has 1 atom stereocenters. The van der Waals surface area contributed by atoms with E-state index in [-0.39, 0.29) is 12.1 Å². The van der Waals surface area contributed by atoms with E-state index in [1.165, 1.54) is 0 Å². The van der Waals surface area contributed by atoms with Gasteiger partial charge in [0.2, 0.25) is 10.0 Å². The van der Waals surface area contributed by atoms with E-state index in [2.05, 4.69) is 9.71 Å². The summed E-state index contributed by atoms with van der Waals surface area (Å²) in [6, 6.07) is 7.37. The van der Waals surface area contributed by atoms with Crippen molar-refractivity contribution in [1.29, 1.82) is 0 Å². The van der Waals surface area contributed by atoms with Gasteiger partial charge in [0.15, 0.2) is 0 Å². The number of fused-ring (bicyclic) bond motifs is 1. The van der Waals surface area contributed by atoms with Gasteiger partial charge < -0.3 is 10.0 Å². The summed E-state index contributed by atoms with van der Waals surface area (Å²) in [7, 11) is -3.40. The second-order valence-corrected chi connectivity index (χ2v) is 8.20. The number of benzene rings is 1. The topological polar surface area (TPSA) is 99.6 Å². The van der Waals surface area contributed by atoms with Crippen LogP contribution in [0.1, 0.15) is 29.3 Å². The van der Waals surface area contributed by atoms with Crippen LogP contribution in [-0.4, -0.2) is 49.4 Å². The number of para-hydroxylation sites is 1. The first-order valence-corrected chi connectivity index (χ1v) is 9.75. The van der Waals surface area contributed by atoms with Crippen molar-refractivity contribution in [2.75, 3.05) is 24.5 Å². The van der Waals surface area contributed by atoms with Gasteiger partial charge in [-0.2, -0.15) is 0 Å². The highest BCUT2D eigenvalue weighted by Crippen LogP contribution is 2.31. The van der Waals surface area contributed by atoms with Crippen LogP contribution in [0.2, 0.25) is 0 Å². The Morgan fingerprint density at radius 2 is 2.12 bits per heavy atom. The first kappa shape index (κ1) is 17.6. The van der Waals surface area contributed by atoms with E-state index in [0.29, 0.717) is 36.4 Å². The lowest BCUT2D eigenvalue weighted by atomic mass is 10.0. The number of carboxylic acid groups (broad SMARTS) is 1. The minimum Gasteiger partial charge on any atom is -0.478 e. The van der Waals surface area contributed by atoms with Crippen molar-refractivity contribution in [1.82, 2.24) is 9.71 Å². The van der Waals surface area contributed by atoms with Crippen LogP contribution in [0, 0.1) is 6.92 Å². The predicted octanol–water partition coefficient (Wildman–Crippen LogP) is 1.76. The number of anilines is 1. The maximum absolute atomic E-state index is 12.2. The van der Waals surface area contributed by atoms with Crippen molar-refractivity contribution < 1.29 is 18.3 Å². The van der Waals surface area contributed by atoms with Gasteiger partial charge in [0.1, 0.15) is 11.4 Å². The molecule has 25 heavy (non-hydrogen) atoms. The van der Waals surface area contributed by atoms with Gasteiger partial charge in [0.25, 0.3) is 0 Å². The fraction of sp³-hybridized carbons (Fsp3) is 0.412. The standard InChI is InChI=1S/C17H21N3O4S/c1-3-18-25(23,24)12-8-9-20(10-12)16-15(17(21)22)11(2)13-6-4-5-7-14(13)19-16/h4-7,12,18H,3,8-10H2,1-2H3,(H,21,22). The third-order valence-electron chi connectivity index (χ3n) is 4.58. The van der Waals surface area contributed by atoms with Crippen LogP contribution in [0.3, 0.4) is 0 Å². The summed E-state index contributed by atoms with van der Waals surface area (Å²) >= 11 is 0. The molecule has 7 nitrogen and oxygen atoms in total. The van der Waals surface area contributed by atoms with E-state index >= 15 is 0 Å². The number of pyridine rings is 1. The molecule has 0 amide bonds. The number of rotatable bonds is 5. The van der Waals surface area contributed by atoms with Crippen molar-refractivity contribution in [2.24, 2.45) is 0 Å². The third-order valence-corrected chi connectivity index (χ3v) is 6.53. The number of aromatic nitrogens is 1. The van der Waals surface area contributed by atoms with Crippen LogP contribution in [0.5, 0.6) is 0 Å². The Morgan fingerprint density at radius 3 is 2.80 bits per heavy atom. The number of nitrogens with one attached hydrogen (secondary N) is 1. The average Bonchev–Trinajstić information content (AvgIpc) is 3.05. The molecular formula is C17H21N3O4S. The molecule has 1 unspecified atom stereocenters. The molecule has 1 aliphatic heterocycles. The molecule has 0 spiro atoms. The molecule has 0 radical (unpaired) electrons. The molecule has 1 saturated heterocycles. The summed E-state index contributed by atoms with van der Waals surface area (Å²) < 4.78 is 27.0. The SMILES string of the molecule is CCNS(=O)(=O)C1CCN(c2nc3ccccc3c(C)c2C(=O)O)C1. The summed E-state index contributed by atoms with van der Waals surface area (Å²) in [5, 5.41) is 9.90. The lowest BCUT2D eigenvalue weighted by molar-refractivity contribution is 0.0696. The quantitative estimate of drug-likeness (QED) is 0.840. The minimum absolute atomic E-state index is 0.139. The first-order valence-electron chi connectivity index (χ1n) is 8.21. The zero-order chi connectivity index (χ0) is 18.2. The molecular weight excluding hydrogens is 342 g/mol. The maximum atomic E-state index is 12.2. The van der Waals surface area contributed by atoms with Crippen LogP contribution >= 0.6 is 0 Å². The molecule has 0 aliphatic carbocycles. The van der Waals surface area contributed by atoms with Crippen molar-refractivity contribution in [3.8, 4) is 0 Å². The smallest absolute Gasteiger partial charge is 0.339 e. The van der Waals surface area contributed by atoms with Gasteiger partial charge in [-0.25, -0.2) is 22.9 Å². The zero-order valence-electron chi connectivity index (χ0n) is 14.2. The van der Waals surface area contributed by atoms with Crippen molar-refractivity contribution in [2.45, 2.75) is 25.5 Å². The Labute approximate surface area is 146 Å². The Hall–Kier alpha value is -2.19. The van der Waals surface area contributed by atoms with Crippen LogP contribution < -0.4 is 9.62 Å². The highest BCUT2D eigenvalue weighted by Gasteiger charge is 2.35. The molecule has 8 heteroatoms. The van der Waals surface area contributed by atoms with Crippen LogP contribution in [-0.2, 0) is 10.0 Å². The summed E-state index contributed by atoms with van der Waals surface area (Å²) in [6.45, 7) is 4.54. The number of nitrogens with zero attached hydrogens (tertiary/aromatic N) is 2. The second-order valence-electron chi connectivity index (χ2n) is 6.16. The fourth-order valence-corrected chi connectivity index (χ4v) is 4.77. The van der Waals surface area contributed by atoms with E-state index in [1.54, 1.807) is 18.7 Å². The molecule has 1 aliphatic rings. The Bertz CT molecular complexity index is 927. The normalized spacial score (nSPS) is 18.0. The number of hydrogen-bond acceptors (Lipinski definition) is 5. The summed E-state index contributed by atoms with van der Waals surface area (Å²) in [5.74, 6) is -0.707. The van der Waals surface area contributed by atoms with E-state index in [0.717, 1.165) is 5.39 Å². The zero-order valence-corrected chi connectivity index (χ0v) is 15.0. The number of sulfonamides is 1. The number of carboxylic acids is 1. The number of hydrogen-bond donors (Lipinski definition) is 2. The number of aryl methyl sites for hydroxylation is 1. The molecule has 2 heterocycles. The van der Waals surface area contributed by atoms with Gasteiger partial charge >= 0.3 is 5.97 Å². The van der Waals surface area contributed by atoms with Gasteiger partial charge in [-0.3, -0.25) is 0 Å². The Balaban J connectivity index is 2.04. The molecule has 1 aromatic heterocycles. The highest BCUT2D eigenvalue weighted by molar-refractivity contribution is 7.90. The number of carbonyl (C=O) groups is 1. The minimum atomic E-state index is -3.40. The number of aromatic carboxylic acids is 1. The Morgan fingerprint density at radius 1 is 1.40 bits per heavy atom. The highest BCUT2D eigenvalue weighted by atomic mass is 32.2.